The second-order valence-electron chi connectivity index (χ2n) is 14.7. The third-order valence-corrected chi connectivity index (χ3v) is 9.85. The van der Waals surface area contributed by atoms with Gasteiger partial charge in [-0.15, -0.1) is 0 Å². The maximum atomic E-state index is 14.9. The molecule has 1 fully saturated rings. The van der Waals surface area contributed by atoms with E-state index in [9.17, 15) is 32.3 Å². The number of likely N-dealkylation sites (N-methyl/N-ethyl adjacent to an activating group) is 1. The van der Waals surface area contributed by atoms with Crippen LogP contribution in [-0.2, 0) is 28.9 Å². The third kappa shape index (κ3) is 9.57. The van der Waals surface area contributed by atoms with E-state index in [2.05, 4.69) is 31.2 Å². The smallest absolute Gasteiger partial charge is 0.433 e. The number of para-hydroxylation sites is 2. The van der Waals surface area contributed by atoms with E-state index in [0.29, 0.717) is 23.5 Å². The summed E-state index contributed by atoms with van der Waals surface area (Å²) in [5.74, 6) is -0.819. The van der Waals surface area contributed by atoms with Crippen LogP contribution in [0.25, 0.3) is 0 Å². The standard InChI is InChI=1S/C41H44F3N9O7/c1-25-12-13-26(32(20-25)51-16-4-5-17-51)21-52(39(56)47-30-10-6-8-28-36(30)59-23-34(54)45-28)53(40(57)48-31-11-7-9-29-37(31)60-24-35(55)46-29)22-27-14-15-33(41(42,43)44)49-38(27)58-19-18-50(2)3/h6-15,20H,4-5,16-19,21-24H2,1-3H3,(H,45,54)(H,46,55)(H,47,56)(H,48,57). The molecule has 6 amide bonds. The van der Waals surface area contributed by atoms with Crippen molar-refractivity contribution >= 4 is 52.3 Å². The first kappa shape index (κ1) is 41.4. The number of pyridine rings is 1. The summed E-state index contributed by atoms with van der Waals surface area (Å²) in [5.41, 5.74) is 2.27. The molecule has 16 nitrogen and oxygen atoms in total. The Kier molecular flexibility index (Phi) is 12.2. The maximum absolute atomic E-state index is 14.9. The number of hydrogen-bond donors (Lipinski definition) is 4. The van der Waals surface area contributed by atoms with E-state index in [1.165, 1.54) is 0 Å². The zero-order chi connectivity index (χ0) is 42.6. The van der Waals surface area contributed by atoms with Crippen molar-refractivity contribution in [1.82, 2.24) is 19.9 Å². The highest BCUT2D eigenvalue weighted by atomic mass is 19.4. The highest BCUT2D eigenvalue weighted by Gasteiger charge is 2.36. The number of amides is 6. The number of benzene rings is 3. The Bertz CT molecular complexity index is 2280. The Morgan fingerprint density at radius 3 is 1.92 bits per heavy atom. The Balaban J connectivity index is 1.34. The van der Waals surface area contributed by atoms with Gasteiger partial charge in [0.25, 0.3) is 11.8 Å². The summed E-state index contributed by atoms with van der Waals surface area (Å²) in [7, 11) is 3.54. The number of alkyl halides is 3. The summed E-state index contributed by atoms with van der Waals surface area (Å²) in [4.78, 5) is 61.9. The minimum absolute atomic E-state index is 0.0395. The number of hydrazine groups is 1. The van der Waals surface area contributed by atoms with E-state index < -0.39 is 36.4 Å². The van der Waals surface area contributed by atoms with Crippen molar-refractivity contribution in [3.63, 3.8) is 0 Å². The number of carbonyl (C=O) groups is 4. The molecule has 4 aromatic rings. The van der Waals surface area contributed by atoms with Gasteiger partial charge >= 0.3 is 18.2 Å². The molecule has 0 aliphatic carbocycles. The van der Waals surface area contributed by atoms with Crippen molar-refractivity contribution in [3.05, 3.63) is 89.1 Å². The number of aryl methyl sites for hydroxylation is 1. The average molecular weight is 832 g/mol. The van der Waals surface area contributed by atoms with E-state index in [1.54, 1.807) is 55.4 Å². The van der Waals surface area contributed by atoms with E-state index in [-0.39, 0.29) is 66.6 Å². The predicted molar refractivity (Wildman–Crippen MR) is 216 cm³/mol. The molecule has 4 heterocycles. The van der Waals surface area contributed by atoms with E-state index in [1.807, 2.05) is 25.1 Å². The summed E-state index contributed by atoms with van der Waals surface area (Å²) in [6.45, 7) is 2.44. The van der Waals surface area contributed by atoms with Crippen LogP contribution in [0.5, 0.6) is 17.4 Å². The maximum Gasteiger partial charge on any atom is 0.433 e. The highest BCUT2D eigenvalue weighted by Crippen LogP contribution is 2.38. The number of ether oxygens (including phenoxy) is 3. The van der Waals surface area contributed by atoms with Crippen LogP contribution >= 0.6 is 0 Å². The Labute approximate surface area is 343 Å². The van der Waals surface area contributed by atoms with Crippen molar-refractivity contribution in [2.75, 3.05) is 79.7 Å². The monoisotopic (exact) mass is 831 g/mol. The number of halogens is 3. The largest absolute Gasteiger partial charge is 0.479 e. The first-order valence-electron chi connectivity index (χ1n) is 19.2. The van der Waals surface area contributed by atoms with Crippen molar-refractivity contribution < 1.29 is 46.6 Å². The van der Waals surface area contributed by atoms with Gasteiger partial charge in [0.2, 0.25) is 5.88 Å². The van der Waals surface area contributed by atoms with Crippen molar-refractivity contribution in [1.29, 1.82) is 0 Å². The lowest BCUT2D eigenvalue weighted by atomic mass is 10.1. The summed E-state index contributed by atoms with van der Waals surface area (Å²) >= 11 is 0. The van der Waals surface area contributed by atoms with Gasteiger partial charge in [0.15, 0.2) is 24.7 Å². The number of rotatable bonds is 11. The lowest BCUT2D eigenvalue weighted by Gasteiger charge is -2.36. The lowest BCUT2D eigenvalue weighted by molar-refractivity contribution is -0.141. The average Bonchev–Trinajstić information content (AvgIpc) is 3.75. The van der Waals surface area contributed by atoms with Crippen molar-refractivity contribution in [2.45, 2.75) is 39.0 Å². The molecule has 3 aliphatic rings. The van der Waals surface area contributed by atoms with Gasteiger partial charge in [-0.2, -0.15) is 13.2 Å². The molecule has 316 valence electrons. The zero-order valence-electron chi connectivity index (χ0n) is 33.1. The molecule has 0 atom stereocenters. The van der Waals surface area contributed by atoms with Gasteiger partial charge in [-0.25, -0.2) is 24.6 Å². The topological polar surface area (TPSA) is 170 Å². The summed E-state index contributed by atoms with van der Waals surface area (Å²) in [6.07, 6.45) is -2.89. The van der Waals surface area contributed by atoms with Crippen LogP contribution in [0.2, 0.25) is 0 Å². The van der Waals surface area contributed by atoms with Crippen molar-refractivity contribution in [3.8, 4) is 17.4 Å². The summed E-state index contributed by atoms with van der Waals surface area (Å²) in [5, 5.41) is 13.2. The fraction of sp³-hybridized carbons (Fsp3) is 0.341. The van der Waals surface area contributed by atoms with Gasteiger partial charge in [-0.05, 0) is 87.5 Å². The molecule has 1 aromatic heterocycles. The van der Waals surface area contributed by atoms with Gasteiger partial charge in [0, 0.05) is 30.9 Å². The Hall–Kier alpha value is -6.76. The number of anilines is 5. The summed E-state index contributed by atoms with van der Waals surface area (Å²) < 4.78 is 59.3. The number of fused-ring (bicyclic) bond motifs is 2. The number of nitrogens with one attached hydrogen (secondary N) is 4. The van der Waals surface area contributed by atoms with Crippen LogP contribution < -0.4 is 40.4 Å². The van der Waals surface area contributed by atoms with Crippen LogP contribution in [0, 0.1) is 6.92 Å². The first-order valence-corrected chi connectivity index (χ1v) is 19.2. The Morgan fingerprint density at radius 2 is 1.37 bits per heavy atom. The second-order valence-corrected chi connectivity index (χ2v) is 14.7. The van der Waals surface area contributed by atoms with E-state index >= 15 is 0 Å². The number of urea groups is 2. The van der Waals surface area contributed by atoms with Crippen LogP contribution in [0.1, 0.15) is 35.2 Å². The molecule has 0 unspecified atom stereocenters. The lowest BCUT2D eigenvalue weighted by Crippen LogP contribution is -2.52. The molecule has 0 saturated carbocycles. The minimum Gasteiger partial charge on any atom is -0.479 e. The van der Waals surface area contributed by atoms with E-state index in [4.69, 9.17) is 14.2 Å². The zero-order valence-corrected chi connectivity index (χ0v) is 33.1. The van der Waals surface area contributed by atoms with Gasteiger partial charge < -0.3 is 45.3 Å². The van der Waals surface area contributed by atoms with Crippen molar-refractivity contribution in [2.24, 2.45) is 0 Å². The predicted octanol–water partition coefficient (Wildman–Crippen LogP) is 6.29. The van der Waals surface area contributed by atoms with E-state index in [0.717, 1.165) is 59.3 Å². The molecule has 0 radical (unpaired) electrons. The SMILES string of the molecule is Cc1ccc(CN(C(=O)Nc2cccc3c2OCC(=O)N3)N(Cc2ccc(C(F)(F)F)nc2OCCN(C)C)C(=O)Nc2cccc3c2OCC(=O)N3)c(N2CCCC2)c1. The molecule has 1 saturated heterocycles. The van der Waals surface area contributed by atoms with Gasteiger partial charge in [-0.3, -0.25) is 9.59 Å². The molecule has 0 spiro atoms. The fourth-order valence-corrected chi connectivity index (χ4v) is 6.90. The fourth-order valence-electron chi connectivity index (χ4n) is 6.90. The molecule has 3 aromatic carbocycles. The molecular formula is C41H44F3N9O7. The van der Waals surface area contributed by atoms with Crippen LogP contribution in [0.4, 0.5) is 51.2 Å². The molecule has 0 bridgehead atoms. The number of carbonyl (C=O) groups excluding carboxylic acids is 4. The van der Waals surface area contributed by atoms with Crippen LogP contribution in [0.3, 0.4) is 0 Å². The molecular weight excluding hydrogens is 788 g/mol. The molecule has 4 N–H and O–H groups in total. The third-order valence-electron chi connectivity index (χ3n) is 9.85. The quantitative estimate of drug-likeness (QED) is 0.126. The van der Waals surface area contributed by atoms with Gasteiger partial charge in [0.05, 0.1) is 35.8 Å². The highest BCUT2D eigenvalue weighted by molar-refractivity contribution is 6.02. The molecule has 3 aliphatic heterocycles. The number of nitrogens with zero attached hydrogens (tertiary/aromatic N) is 5. The molecule has 7 rings (SSSR count). The summed E-state index contributed by atoms with van der Waals surface area (Å²) in [6, 6.07) is 15.5. The first-order chi connectivity index (χ1) is 28.7. The number of hydrogen-bond acceptors (Lipinski definition) is 10. The van der Waals surface area contributed by atoms with Crippen LogP contribution in [0.15, 0.2) is 66.7 Å². The molecule has 19 heteroatoms. The second kappa shape index (κ2) is 17.6. The van der Waals surface area contributed by atoms with Gasteiger partial charge in [-0.1, -0.05) is 24.3 Å². The Morgan fingerprint density at radius 1 is 0.817 bits per heavy atom. The number of aromatic nitrogens is 1. The van der Waals surface area contributed by atoms with Crippen LogP contribution in [-0.4, -0.2) is 97.3 Å². The normalized spacial score (nSPS) is 14.6. The van der Waals surface area contributed by atoms with Gasteiger partial charge in [0.1, 0.15) is 12.3 Å². The minimum atomic E-state index is -4.81. The molecule has 60 heavy (non-hydrogen) atoms.